The molecule has 0 aliphatic heterocycles. The van der Waals surface area contributed by atoms with E-state index in [1.807, 2.05) is 6.92 Å². The van der Waals surface area contributed by atoms with E-state index in [4.69, 9.17) is 0 Å². The number of nitrogens with one attached hydrogen (secondary N) is 2. The zero-order chi connectivity index (χ0) is 12.1. The van der Waals surface area contributed by atoms with E-state index in [2.05, 4.69) is 20.7 Å². The van der Waals surface area contributed by atoms with Gasteiger partial charge in [-0.1, -0.05) is 0 Å². The highest BCUT2D eigenvalue weighted by atomic mass is 16.2. The Hall–Kier alpha value is -1.92. The Labute approximate surface area is 93.2 Å². The highest BCUT2D eigenvalue weighted by Gasteiger charge is 2.19. The standard InChI is InChI=1S/C9H15N5O2/c1-4-14(3)9(16)6(2)11-8(15)7-5-10-13-12-7/h5-6H,4H2,1-3H3,(H,11,15)(H,10,12,13). The molecule has 0 aromatic carbocycles. The van der Waals surface area contributed by atoms with Gasteiger partial charge in [0.2, 0.25) is 5.91 Å². The van der Waals surface area contributed by atoms with Gasteiger partial charge in [0.05, 0.1) is 6.20 Å². The van der Waals surface area contributed by atoms with Crippen LogP contribution in [0.4, 0.5) is 0 Å². The number of hydrogen-bond donors (Lipinski definition) is 2. The summed E-state index contributed by atoms with van der Waals surface area (Å²) < 4.78 is 0. The maximum atomic E-state index is 11.6. The number of nitrogens with zero attached hydrogens (tertiary/aromatic N) is 3. The monoisotopic (exact) mass is 225 g/mol. The third kappa shape index (κ3) is 2.78. The lowest BCUT2D eigenvalue weighted by Gasteiger charge is -2.20. The van der Waals surface area contributed by atoms with Crippen LogP contribution < -0.4 is 5.32 Å². The number of carbonyl (C=O) groups is 2. The molecule has 88 valence electrons. The molecule has 1 unspecified atom stereocenters. The lowest BCUT2D eigenvalue weighted by molar-refractivity contribution is -0.131. The largest absolute Gasteiger partial charge is 0.344 e. The molecule has 1 atom stereocenters. The van der Waals surface area contributed by atoms with Gasteiger partial charge in [-0.25, -0.2) is 0 Å². The van der Waals surface area contributed by atoms with Gasteiger partial charge in [0.1, 0.15) is 6.04 Å². The number of aromatic nitrogens is 3. The van der Waals surface area contributed by atoms with Crippen LogP contribution in [0.2, 0.25) is 0 Å². The van der Waals surface area contributed by atoms with E-state index in [9.17, 15) is 9.59 Å². The minimum absolute atomic E-state index is 0.139. The Morgan fingerprint density at radius 2 is 2.31 bits per heavy atom. The van der Waals surface area contributed by atoms with Crippen molar-refractivity contribution in [3.05, 3.63) is 11.9 Å². The van der Waals surface area contributed by atoms with Crippen LogP contribution >= 0.6 is 0 Å². The summed E-state index contributed by atoms with van der Waals surface area (Å²) in [7, 11) is 1.68. The molecule has 0 aliphatic rings. The summed E-state index contributed by atoms with van der Waals surface area (Å²) >= 11 is 0. The fraction of sp³-hybridized carbons (Fsp3) is 0.556. The molecule has 0 aliphatic carbocycles. The Kier molecular flexibility index (Phi) is 3.98. The number of rotatable bonds is 4. The van der Waals surface area contributed by atoms with E-state index in [-0.39, 0.29) is 11.6 Å². The van der Waals surface area contributed by atoms with Gasteiger partial charge in [-0.2, -0.15) is 15.4 Å². The smallest absolute Gasteiger partial charge is 0.274 e. The predicted molar refractivity (Wildman–Crippen MR) is 56.6 cm³/mol. The molecule has 16 heavy (non-hydrogen) atoms. The normalized spacial score (nSPS) is 11.9. The maximum absolute atomic E-state index is 11.6. The Morgan fingerprint density at radius 3 is 2.81 bits per heavy atom. The first-order valence-corrected chi connectivity index (χ1v) is 4.97. The van der Waals surface area contributed by atoms with Crippen LogP contribution in [0.25, 0.3) is 0 Å². The zero-order valence-electron chi connectivity index (χ0n) is 9.52. The van der Waals surface area contributed by atoms with Crippen molar-refractivity contribution in [2.24, 2.45) is 0 Å². The van der Waals surface area contributed by atoms with Gasteiger partial charge < -0.3 is 10.2 Å². The van der Waals surface area contributed by atoms with E-state index >= 15 is 0 Å². The summed E-state index contributed by atoms with van der Waals surface area (Å²) in [6.45, 7) is 4.10. The third-order valence-electron chi connectivity index (χ3n) is 2.22. The van der Waals surface area contributed by atoms with Gasteiger partial charge in [0.15, 0.2) is 5.69 Å². The third-order valence-corrected chi connectivity index (χ3v) is 2.22. The van der Waals surface area contributed by atoms with Crippen molar-refractivity contribution in [2.45, 2.75) is 19.9 Å². The molecule has 0 fully saturated rings. The first-order chi connectivity index (χ1) is 7.56. The summed E-state index contributed by atoms with van der Waals surface area (Å²) in [5, 5.41) is 12.0. The molecule has 0 bridgehead atoms. The van der Waals surface area contributed by atoms with Gasteiger partial charge in [0, 0.05) is 13.6 Å². The number of carbonyl (C=O) groups excluding carboxylic acids is 2. The molecule has 0 spiro atoms. The van der Waals surface area contributed by atoms with Crippen molar-refractivity contribution in [1.29, 1.82) is 0 Å². The highest BCUT2D eigenvalue weighted by molar-refractivity contribution is 5.95. The number of likely N-dealkylation sites (N-methyl/N-ethyl adjacent to an activating group) is 1. The van der Waals surface area contributed by atoms with Gasteiger partial charge in [-0.15, -0.1) is 0 Å². The van der Waals surface area contributed by atoms with E-state index in [0.29, 0.717) is 6.54 Å². The second-order valence-electron chi connectivity index (χ2n) is 3.40. The quantitative estimate of drug-likeness (QED) is 0.716. The van der Waals surface area contributed by atoms with Crippen LogP contribution in [-0.2, 0) is 4.79 Å². The van der Waals surface area contributed by atoms with Crippen LogP contribution in [0.3, 0.4) is 0 Å². The van der Waals surface area contributed by atoms with Crippen LogP contribution in [0.1, 0.15) is 24.3 Å². The summed E-state index contributed by atoms with van der Waals surface area (Å²) in [5.41, 5.74) is 0.166. The van der Waals surface area contributed by atoms with E-state index < -0.39 is 11.9 Å². The first kappa shape index (κ1) is 12.2. The van der Waals surface area contributed by atoms with Crippen molar-refractivity contribution < 1.29 is 9.59 Å². The molecule has 7 heteroatoms. The lowest BCUT2D eigenvalue weighted by atomic mass is 10.2. The molecule has 1 aromatic heterocycles. The van der Waals surface area contributed by atoms with Gasteiger partial charge >= 0.3 is 0 Å². The van der Waals surface area contributed by atoms with Gasteiger partial charge in [0.25, 0.3) is 5.91 Å². The van der Waals surface area contributed by atoms with Crippen molar-refractivity contribution in [3.8, 4) is 0 Å². The topological polar surface area (TPSA) is 91.0 Å². The minimum Gasteiger partial charge on any atom is -0.344 e. The van der Waals surface area contributed by atoms with E-state index in [0.717, 1.165) is 0 Å². The molecular formula is C9H15N5O2. The van der Waals surface area contributed by atoms with Crippen LogP contribution in [-0.4, -0.2) is 51.8 Å². The van der Waals surface area contributed by atoms with E-state index in [1.165, 1.54) is 11.1 Å². The fourth-order valence-corrected chi connectivity index (χ4v) is 1.13. The maximum Gasteiger partial charge on any atom is 0.274 e. The average Bonchev–Trinajstić information content (AvgIpc) is 2.80. The Morgan fingerprint density at radius 1 is 1.62 bits per heavy atom. The highest BCUT2D eigenvalue weighted by Crippen LogP contribution is 1.94. The molecule has 2 N–H and O–H groups in total. The van der Waals surface area contributed by atoms with Gasteiger partial charge in [-0.05, 0) is 13.8 Å². The van der Waals surface area contributed by atoms with E-state index in [1.54, 1.807) is 14.0 Å². The molecule has 0 saturated carbocycles. The predicted octanol–water partition coefficient (Wildman–Crippen LogP) is -0.599. The molecule has 7 nitrogen and oxygen atoms in total. The molecule has 1 rings (SSSR count). The Bertz CT molecular complexity index is 362. The van der Waals surface area contributed by atoms with Crippen molar-refractivity contribution in [1.82, 2.24) is 25.6 Å². The van der Waals surface area contributed by atoms with Crippen LogP contribution in [0.5, 0.6) is 0 Å². The summed E-state index contributed by atoms with van der Waals surface area (Å²) in [6.07, 6.45) is 1.30. The second kappa shape index (κ2) is 5.24. The van der Waals surface area contributed by atoms with Crippen molar-refractivity contribution in [3.63, 3.8) is 0 Å². The van der Waals surface area contributed by atoms with Crippen molar-refractivity contribution in [2.75, 3.05) is 13.6 Å². The molecule has 1 heterocycles. The molecular weight excluding hydrogens is 210 g/mol. The number of hydrogen-bond acceptors (Lipinski definition) is 4. The Balaban J connectivity index is 2.55. The van der Waals surface area contributed by atoms with Crippen LogP contribution in [0, 0.1) is 0 Å². The first-order valence-electron chi connectivity index (χ1n) is 4.97. The lowest BCUT2D eigenvalue weighted by Crippen LogP contribution is -2.45. The van der Waals surface area contributed by atoms with Crippen molar-refractivity contribution >= 4 is 11.8 Å². The second-order valence-corrected chi connectivity index (χ2v) is 3.40. The minimum atomic E-state index is -0.575. The summed E-state index contributed by atoms with van der Waals surface area (Å²) in [6, 6.07) is -0.575. The van der Waals surface area contributed by atoms with Crippen LogP contribution in [0.15, 0.2) is 6.20 Å². The molecule has 2 amide bonds. The fourth-order valence-electron chi connectivity index (χ4n) is 1.13. The summed E-state index contributed by atoms with van der Waals surface area (Å²) in [4.78, 5) is 24.7. The molecule has 1 aromatic rings. The zero-order valence-corrected chi connectivity index (χ0v) is 9.52. The molecule has 0 radical (unpaired) electrons. The number of aromatic amines is 1. The number of H-pyrrole nitrogens is 1. The summed E-state index contributed by atoms with van der Waals surface area (Å²) in [5.74, 6) is -0.557. The molecule has 0 saturated heterocycles. The van der Waals surface area contributed by atoms with Gasteiger partial charge in [-0.3, -0.25) is 9.59 Å². The average molecular weight is 225 g/mol. The SMILES string of the molecule is CCN(C)C(=O)C(C)NC(=O)c1cn[nH]n1. The number of amides is 2.